The van der Waals surface area contributed by atoms with Crippen LogP contribution in [0.4, 0.5) is 5.69 Å². The number of benzene rings is 1. The second-order valence-electron chi connectivity index (χ2n) is 6.76. The van der Waals surface area contributed by atoms with Gasteiger partial charge in [0.1, 0.15) is 0 Å². The lowest BCUT2D eigenvalue weighted by Gasteiger charge is -2.24. The van der Waals surface area contributed by atoms with Gasteiger partial charge in [-0.15, -0.1) is 35.3 Å². The van der Waals surface area contributed by atoms with Crippen molar-refractivity contribution in [2.24, 2.45) is 10.9 Å². The summed E-state index contributed by atoms with van der Waals surface area (Å²) >= 11 is 5.39. The van der Waals surface area contributed by atoms with Crippen molar-refractivity contribution >= 4 is 62.9 Å². The average molecular weight is 563 g/mol. The number of rotatable bonds is 6. The second kappa shape index (κ2) is 11.3. The van der Waals surface area contributed by atoms with E-state index in [-0.39, 0.29) is 24.0 Å². The zero-order chi connectivity index (χ0) is 18.4. The maximum atomic E-state index is 4.45. The molecule has 1 fully saturated rings. The zero-order valence-corrected chi connectivity index (χ0v) is 20.6. The molecule has 3 rings (SSSR count). The number of anilines is 1. The van der Waals surface area contributed by atoms with Gasteiger partial charge in [0.25, 0.3) is 0 Å². The smallest absolute Gasteiger partial charge is 0.193 e. The van der Waals surface area contributed by atoms with Crippen LogP contribution < -0.4 is 10.2 Å². The summed E-state index contributed by atoms with van der Waals surface area (Å²) in [5, 5.41) is 5.71. The Hall–Kier alpha value is -0.800. The molecule has 1 aromatic heterocycles. The lowest BCUT2D eigenvalue weighted by Crippen LogP contribution is -2.42. The van der Waals surface area contributed by atoms with Gasteiger partial charge in [-0.25, -0.2) is 0 Å². The summed E-state index contributed by atoms with van der Waals surface area (Å²) in [6, 6.07) is 12.9. The molecule has 1 unspecified atom stereocenters. The summed E-state index contributed by atoms with van der Waals surface area (Å²) in [6.45, 7) is 4.17. The highest BCUT2D eigenvalue weighted by atomic mass is 127. The van der Waals surface area contributed by atoms with Crippen LogP contribution in [0.2, 0.25) is 0 Å². The average Bonchev–Trinajstić information content (AvgIpc) is 3.32. The van der Waals surface area contributed by atoms with Crippen molar-refractivity contribution in [1.29, 1.82) is 0 Å². The number of aliphatic imine (C=N–C) groups is 1. The van der Waals surface area contributed by atoms with E-state index in [0.29, 0.717) is 5.92 Å². The molecule has 4 nitrogen and oxygen atoms in total. The molecule has 1 aliphatic rings. The van der Waals surface area contributed by atoms with Gasteiger partial charge >= 0.3 is 0 Å². The third kappa shape index (κ3) is 6.64. The molecule has 7 heteroatoms. The molecule has 1 aromatic carbocycles. The van der Waals surface area contributed by atoms with Crippen LogP contribution >= 0.6 is 51.2 Å². The van der Waals surface area contributed by atoms with Crippen LogP contribution in [0, 0.1) is 5.92 Å². The number of hydrogen-bond acceptors (Lipinski definition) is 3. The van der Waals surface area contributed by atoms with Crippen molar-refractivity contribution in [3.05, 3.63) is 51.1 Å². The summed E-state index contributed by atoms with van der Waals surface area (Å²) in [4.78, 5) is 10.6. The van der Waals surface area contributed by atoms with Crippen molar-refractivity contribution in [3.63, 3.8) is 0 Å². The van der Waals surface area contributed by atoms with E-state index in [1.807, 2.05) is 18.4 Å². The first-order valence-corrected chi connectivity index (χ1v) is 10.8. The second-order valence-corrected chi connectivity index (χ2v) is 8.71. The SMILES string of the molecule is CN=C(NCC1CCN(c2cccc(Br)c2)C1)N(C)CCc1cccs1.I. The van der Waals surface area contributed by atoms with Crippen LogP contribution in [0.15, 0.2) is 51.2 Å². The van der Waals surface area contributed by atoms with E-state index >= 15 is 0 Å². The molecule has 148 valence electrons. The molecule has 0 saturated carbocycles. The Balaban J connectivity index is 0.00000261. The van der Waals surface area contributed by atoms with E-state index in [2.05, 4.69) is 84.9 Å². The van der Waals surface area contributed by atoms with Crippen LogP contribution in [0.25, 0.3) is 0 Å². The van der Waals surface area contributed by atoms with E-state index in [1.165, 1.54) is 17.0 Å². The normalized spacial score (nSPS) is 16.9. The van der Waals surface area contributed by atoms with E-state index in [0.717, 1.165) is 43.0 Å². The predicted octanol–water partition coefficient (Wildman–Crippen LogP) is 4.70. The Kier molecular flexibility index (Phi) is 9.38. The van der Waals surface area contributed by atoms with Gasteiger partial charge in [0.2, 0.25) is 0 Å². The van der Waals surface area contributed by atoms with Crippen LogP contribution in [0.5, 0.6) is 0 Å². The Labute approximate surface area is 192 Å². The molecule has 2 heterocycles. The molecule has 1 atom stereocenters. The van der Waals surface area contributed by atoms with Crippen molar-refractivity contribution in [1.82, 2.24) is 10.2 Å². The molecule has 0 bridgehead atoms. The van der Waals surface area contributed by atoms with Gasteiger partial charge in [-0.05, 0) is 48.4 Å². The highest BCUT2D eigenvalue weighted by molar-refractivity contribution is 14.0. The van der Waals surface area contributed by atoms with E-state index in [9.17, 15) is 0 Å². The number of guanidine groups is 1. The quantitative estimate of drug-likeness (QED) is 0.314. The Morgan fingerprint density at radius 1 is 1.37 bits per heavy atom. The van der Waals surface area contributed by atoms with Crippen molar-refractivity contribution in [2.45, 2.75) is 12.8 Å². The minimum Gasteiger partial charge on any atom is -0.371 e. The number of nitrogens with zero attached hydrogens (tertiary/aromatic N) is 3. The van der Waals surface area contributed by atoms with Crippen LogP contribution in [-0.4, -0.2) is 51.1 Å². The molecule has 2 aromatic rings. The Morgan fingerprint density at radius 2 is 2.22 bits per heavy atom. The molecule has 0 radical (unpaired) electrons. The van der Waals surface area contributed by atoms with Gasteiger partial charge in [-0.1, -0.05) is 28.1 Å². The predicted molar refractivity (Wildman–Crippen MR) is 132 cm³/mol. The van der Waals surface area contributed by atoms with E-state index < -0.39 is 0 Å². The number of halogens is 2. The first-order chi connectivity index (χ1) is 12.7. The fourth-order valence-electron chi connectivity index (χ4n) is 3.37. The lowest BCUT2D eigenvalue weighted by molar-refractivity contribution is 0.471. The minimum atomic E-state index is 0. The van der Waals surface area contributed by atoms with Gasteiger partial charge in [-0.3, -0.25) is 4.99 Å². The first-order valence-electron chi connectivity index (χ1n) is 9.10. The topological polar surface area (TPSA) is 30.9 Å². The summed E-state index contributed by atoms with van der Waals surface area (Å²) < 4.78 is 1.14. The minimum absolute atomic E-state index is 0. The largest absolute Gasteiger partial charge is 0.371 e. The molecule has 0 spiro atoms. The molecule has 0 amide bonds. The summed E-state index contributed by atoms with van der Waals surface area (Å²) in [6.07, 6.45) is 2.28. The molecule has 1 N–H and O–H groups in total. The third-order valence-corrected chi connectivity index (χ3v) is 6.28. The third-order valence-electron chi connectivity index (χ3n) is 4.86. The van der Waals surface area contributed by atoms with E-state index in [1.54, 1.807) is 0 Å². The van der Waals surface area contributed by atoms with Gasteiger partial charge in [0, 0.05) is 55.3 Å². The maximum absolute atomic E-state index is 4.45. The zero-order valence-electron chi connectivity index (χ0n) is 15.9. The highest BCUT2D eigenvalue weighted by Gasteiger charge is 2.23. The monoisotopic (exact) mass is 562 g/mol. The number of nitrogens with one attached hydrogen (secondary N) is 1. The standard InChI is InChI=1S/C20H27BrN4S.HI/c1-22-20(24(2)10-9-19-7-4-12-26-19)23-14-16-8-11-25(15-16)18-6-3-5-17(21)13-18;/h3-7,12-13,16H,8-11,14-15H2,1-2H3,(H,22,23);1H. The van der Waals surface area contributed by atoms with Crippen molar-refractivity contribution < 1.29 is 0 Å². The molecular weight excluding hydrogens is 535 g/mol. The fraction of sp³-hybridized carbons (Fsp3) is 0.450. The number of likely N-dealkylation sites (N-methyl/N-ethyl adjacent to an activating group) is 1. The van der Waals surface area contributed by atoms with Gasteiger partial charge < -0.3 is 15.1 Å². The molecular formula is C20H28BrIN4S. The number of thiophene rings is 1. The molecule has 1 aliphatic heterocycles. The van der Waals surface area contributed by atoms with Gasteiger partial charge in [0.05, 0.1) is 0 Å². The van der Waals surface area contributed by atoms with Crippen molar-refractivity contribution in [2.75, 3.05) is 45.2 Å². The highest BCUT2D eigenvalue weighted by Crippen LogP contribution is 2.25. The summed E-state index contributed by atoms with van der Waals surface area (Å²) in [5.74, 6) is 1.64. The summed E-state index contributed by atoms with van der Waals surface area (Å²) in [5.41, 5.74) is 1.30. The fourth-order valence-corrected chi connectivity index (χ4v) is 4.45. The number of hydrogen-bond donors (Lipinski definition) is 1. The molecule has 27 heavy (non-hydrogen) atoms. The maximum Gasteiger partial charge on any atom is 0.193 e. The van der Waals surface area contributed by atoms with Crippen molar-refractivity contribution in [3.8, 4) is 0 Å². The van der Waals surface area contributed by atoms with Crippen LogP contribution in [0.1, 0.15) is 11.3 Å². The molecule has 0 aliphatic carbocycles. The summed E-state index contributed by atoms with van der Waals surface area (Å²) in [7, 11) is 3.98. The first kappa shape index (κ1) is 22.5. The van der Waals surface area contributed by atoms with E-state index in [4.69, 9.17) is 0 Å². The molecule has 1 saturated heterocycles. The van der Waals surface area contributed by atoms with Crippen LogP contribution in [-0.2, 0) is 6.42 Å². The lowest BCUT2D eigenvalue weighted by atomic mass is 10.1. The van der Waals surface area contributed by atoms with Crippen LogP contribution in [0.3, 0.4) is 0 Å². The Morgan fingerprint density at radius 3 is 2.93 bits per heavy atom. The Bertz CT molecular complexity index is 723. The van der Waals surface area contributed by atoms with Gasteiger partial charge in [0.15, 0.2) is 5.96 Å². The van der Waals surface area contributed by atoms with Gasteiger partial charge in [-0.2, -0.15) is 0 Å².